The van der Waals surface area contributed by atoms with E-state index < -0.39 is 5.60 Å². The lowest BCUT2D eigenvalue weighted by atomic mass is 10.2. The average molecular weight is 430 g/mol. The lowest BCUT2D eigenvalue weighted by Crippen LogP contribution is -2.52. The molecule has 9 nitrogen and oxygen atoms in total. The van der Waals surface area contributed by atoms with Crippen LogP contribution in [-0.4, -0.2) is 83.2 Å². The number of fused-ring (bicyclic) bond motifs is 1. The molecule has 1 saturated heterocycles. The first kappa shape index (κ1) is 22.5. The van der Waals surface area contributed by atoms with Gasteiger partial charge < -0.3 is 29.3 Å². The normalized spacial score (nSPS) is 14.5. The van der Waals surface area contributed by atoms with Gasteiger partial charge in [0.15, 0.2) is 0 Å². The SMILES string of the molecule is CN(C)C(=O)Cn1ccc2cc(NC(=O)N3CCN(C(=O)OC(C)(C)C)CC3)ccc21. The van der Waals surface area contributed by atoms with Gasteiger partial charge in [0, 0.05) is 63.1 Å². The van der Waals surface area contributed by atoms with Crippen molar-refractivity contribution >= 4 is 34.6 Å². The molecule has 2 heterocycles. The van der Waals surface area contributed by atoms with Gasteiger partial charge in [-0.15, -0.1) is 0 Å². The number of rotatable bonds is 3. The molecule has 1 N–H and O–H groups in total. The summed E-state index contributed by atoms with van der Waals surface area (Å²) in [6, 6.07) is 7.33. The van der Waals surface area contributed by atoms with Gasteiger partial charge in [-0.3, -0.25) is 4.79 Å². The van der Waals surface area contributed by atoms with Crippen LogP contribution in [0, 0.1) is 0 Å². The molecule has 0 saturated carbocycles. The summed E-state index contributed by atoms with van der Waals surface area (Å²) in [5, 5.41) is 3.87. The smallest absolute Gasteiger partial charge is 0.410 e. The third-order valence-electron chi connectivity index (χ3n) is 5.05. The summed E-state index contributed by atoms with van der Waals surface area (Å²) in [6.07, 6.45) is 1.52. The second-order valence-corrected chi connectivity index (χ2v) is 8.89. The minimum atomic E-state index is -0.539. The van der Waals surface area contributed by atoms with Gasteiger partial charge in [-0.1, -0.05) is 0 Å². The molecule has 0 aliphatic carbocycles. The molecular weight excluding hydrogens is 398 g/mol. The quantitative estimate of drug-likeness (QED) is 0.813. The summed E-state index contributed by atoms with van der Waals surface area (Å²) < 4.78 is 7.28. The fourth-order valence-electron chi connectivity index (χ4n) is 3.32. The fraction of sp³-hybridized carbons (Fsp3) is 0.500. The summed E-state index contributed by atoms with van der Waals surface area (Å²) in [5.74, 6) is 0.0143. The molecule has 1 aromatic heterocycles. The van der Waals surface area contributed by atoms with E-state index in [0.29, 0.717) is 31.9 Å². The molecule has 0 radical (unpaired) electrons. The Balaban J connectivity index is 1.57. The van der Waals surface area contributed by atoms with Crippen molar-refractivity contribution in [3.63, 3.8) is 0 Å². The predicted octanol–water partition coefficient (Wildman–Crippen LogP) is 2.81. The molecule has 31 heavy (non-hydrogen) atoms. The number of piperazine rings is 1. The van der Waals surface area contributed by atoms with E-state index >= 15 is 0 Å². The lowest BCUT2D eigenvalue weighted by Gasteiger charge is -2.35. The summed E-state index contributed by atoms with van der Waals surface area (Å²) in [5.41, 5.74) is 1.08. The number of hydrogen-bond acceptors (Lipinski definition) is 4. The molecule has 2 aromatic rings. The third kappa shape index (κ3) is 5.68. The zero-order chi connectivity index (χ0) is 22.8. The molecule has 1 aliphatic heterocycles. The van der Waals surface area contributed by atoms with Crippen LogP contribution in [-0.2, 0) is 16.1 Å². The Morgan fingerprint density at radius 1 is 1.03 bits per heavy atom. The van der Waals surface area contributed by atoms with E-state index in [9.17, 15) is 14.4 Å². The van der Waals surface area contributed by atoms with Crippen molar-refractivity contribution in [1.82, 2.24) is 19.3 Å². The molecule has 9 heteroatoms. The zero-order valence-electron chi connectivity index (χ0n) is 18.8. The Bertz CT molecular complexity index is 968. The van der Waals surface area contributed by atoms with E-state index in [1.807, 2.05) is 55.8 Å². The maximum Gasteiger partial charge on any atom is 0.410 e. The Hall–Kier alpha value is -3.23. The summed E-state index contributed by atoms with van der Waals surface area (Å²) in [6.45, 7) is 7.52. The number of amides is 4. The number of nitrogens with zero attached hydrogens (tertiary/aromatic N) is 4. The second-order valence-electron chi connectivity index (χ2n) is 8.89. The van der Waals surface area contributed by atoms with Gasteiger partial charge in [-0.2, -0.15) is 0 Å². The van der Waals surface area contributed by atoms with Crippen LogP contribution < -0.4 is 5.32 Å². The van der Waals surface area contributed by atoms with E-state index in [1.165, 1.54) is 0 Å². The number of carbonyl (C=O) groups is 3. The van der Waals surface area contributed by atoms with Crippen molar-refractivity contribution in [1.29, 1.82) is 0 Å². The fourth-order valence-corrected chi connectivity index (χ4v) is 3.32. The first-order valence-corrected chi connectivity index (χ1v) is 10.4. The van der Waals surface area contributed by atoms with Crippen LogP contribution in [0.25, 0.3) is 10.9 Å². The van der Waals surface area contributed by atoms with Gasteiger partial charge in [0.2, 0.25) is 5.91 Å². The number of urea groups is 1. The molecule has 0 spiro atoms. The van der Waals surface area contributed by atoms with Crippen molar-refractivity contribution < 1.29 is 19.1 Å². The first-order valence-electron chi connectivity index (χ1n) is 10.4. The zero-order valence-corrected chi connectivity index (χ0v) is 18.8. The molecule has 168 valence electrons. The molecule has 1 fully saturated rings. The van der Waals surface area contributed by atoms with Gasteiger partial charge in [0.25, 0.3) is 0 Å². The number of aromatic nitrogens is 1. The molecule has 0 bridgehead atoms. The number of ether oxygens (including phenoxy) is 1. The first-order chi connectivity index (χ1) is 14.5. The largest absolute Gasteiger partial charge is 0.444 e. The summed E-state index contributed by atoms with van der Waals surface area (Å²) in [7, 11) is 3.46. The molecule has 1 aromatic carbocycles. The Morgan fingerprint density at radius 2 is 1.68 bits per heavy atom. The van der Waals surface area contributed by atoms with E-state index in [1.54, 1.807) is 28.8 Å². The van der Waals surface area contributed by atoms with E-state index in [4.69, 9.17) is 4.74 Å². The number of hydrogen-bond donors (Lipinski definition) is 1. The molecule has 0 unspecified atom stereocenters. The number of likely N-dealkylation sites (N-methyl/N-ethyl adjacent to an activating group) is 1. The number of carbonyl (C=O) groups excluding carboxylic acids is 3. The van der Waals surface area contributed by atoms with Gasteiger partial charge in [-0.05, 0) is 45.0 Å². The highest BCUT2D eigenvalue weighted by molar-refractivity contribution is 5.93. The minimum Gasteiger partial charge on any atom is -0.444 e. The van der Waals surface area contributed by atoms with E-state index in [2.05, 4.69) is 5.32 Å². The van der Waals surface area contributed by atoms with Crippen LogP contribution >= 0.6 is 0 Å². The highest BCUT2D eigenvalue weighted by Crippen LogP contribution is 2.21. The van der Waals surface area contributed by atoms with Crippen molar-refractivity contribution in [2.24, 2.45) is 0 Å². The van der Waals surface area contributed by atoms with Gasteiger partial charge in [0.1, 0.15) is 12.1 Å². The van der Waals surface area contributed by atoms with Crippen LogP contribution in [0.1, 0.15) is 20.8 Å². The highest BCUT2D eigenvalue weighted by atomic mass is 16.6. The summed E-state index contributed by atoms with van der Waals surface area (Å²) >= 11 is 0. The summed E-state index contributed by atoms with van der Waals surface area (Å²) in [4.78, 5) is 41.7. The van der Waals surface area contributed by atoms with E-state index in [0.717, 1.165) is 10.9 Å². The molecule has 3 rings (SSSR count). The van der Waals surface area contributed by atoms with Gasteiger partial charge >= 0.3 is 12.1 Å². The third-order valence-corrected chi connectivity index (χ3v) is 5.05. The Morgan fingerprint density at radius 3 is 2.29 bits per heavy atom. The number of nitrogens with one attached hydrogen (secondary N) is 1. The predicted molar refractivity (Wildman–Crippen MR) is 119 cm³/mol. The van der Waals surface area contributed by atoms with Crippen LogP contribution in [0.15, 0.2) is 30.5 Å². The van der Waals surface area contributed by atoms with Crippen molar-refractivity contribution in [3.8, 4) is 0 Å². The lowest BCUT2D eigenvalue weighted by molar-refractivity contribution is -0.129. The Kier molecular flexibility index (Phi) is 6.42. The van der Waals surface area contributed by atoms with E-state index in [-0.39, 0.29) is 24.6 Å². The monoisotopic (exact) mass is 429 g/mol. The highest BCUT2D eigenvalue weighted by Gasteiger charge is 2.27. The van der Waals surface area contributed by atoms with Crippen LogP contribution in [0.2, 0.25) is 0 Å². The Labute approximate surface area is 182 Å². The van der Waals surface area contributed by atoms with Gasteiger partial charge in [0.05, 0.1) is 0 Å². The molecule has 1 aliphatic rings. The van der Waals surface area contributed by atoms with Crippen LogP contribution in [0.5, 0.6) is 0 Å². The molecule has 4 amide bonds. The van der Waals surface area contributed by atoms with Crippen molar-refractivity contribution in [2.75, 3.05) is 45.6 Å². The standard InChI is InChI=1S/C22H31N5O4/c1-22(2,3)31-21(30)26-12-10-25(11-13-26)20(29)23-17-6-7-18-16(14-17)8-9-27(18)15-19(28)24(4)5/h6-9,14H,10-13,15H2,1-5H3,(H,23,29). The average Bonchev–Trinajstić information content (AvgIpc) is 3.08. The van der Waals surface area contributed by atoms with Gasteiger partial charge in [-0.25, -0.2) is 9.59 Å². The maximum atomic E-state index is 12.7. The molecule has 0 atom stereocenters. The van der Waals surface area contributed by atoms with Crippen molar-refractivity contribution in [2.45, 2.75) is 32.9 Å². The maximum absolute atomic E-state index is 12.7. The van der Waals surface area contributed by atoms with Crippen LogP contribution in [0.4, 0.5) is 15.3 Å². The number of anilines is 1. The van der Waals surface area contributed by atoms with Crippen molar-refractivity contribution in [3.05, 3.63) is 30.5 Å². The topological polar surface area (TPSA) is 87.1 Å². The minimum absolute atomic E-state index is 0.0143. The second kappa shape index (κ2) is 8.87. The van der Waals surface area contributed by atoms with Crippen LogP contribution in [0.3, 0.4) is 0 Å². The number of benzene rings is 1. The molecular formula is C22H31N5O4.